The van der Waals surface area contributed by atoms with E-state index in [0.717, 1.165) is 29.6 Å². The van der Waals surface area contributed by atoms with Gasteiger partial charge in [0.2, 0.25) is 11.7 Å². The second kappa shape index (κ2) is 7.06. The highest BCUT2D eigenvalue weighted by Crippen LogP contribution is 2.23. The number of benzene rings is 1. The summed E-state index contributed by atoms with van der Waals surface area (Å²) in [5.41, 5.74) is 2.79. The predicted octanol–water partition coefficient (Wildman–Crippen LogP) is 3.58. The van der Waals surface area contributed by atoms with Crippen molar-refractivity contribution in [2.45, 2.75) is 32.9 Å². The number of carbonyl (C=O) groups excluding carboxylic acids is 1. The summed E-state index contributed by atoms with van der Waals surface area (Å²) in [6.07, 6.45) is 4.31. The highest BCUT2D eigenvalue weighted by molar-refractivity contribution is 5.91. The van der Waals surface area contributed by atoms with Gasteiger partial charge in [-0.15, -0.1) is 0 Å². The van der Waals surface area contributed by atoms with Gasteiger partial charge >= 0.3 is 0 Å². The lowest BCUT2D eigenvalue weighted by atomic mass is 10.2. The van der Waals surface area contributed by atoms with Gasteiger partial charge in [-0.2, -0.15) is 4.98 Å². The average Bonchev–Trinajstić information content (AvgIpc) is 3.42. The molecule has 1 atom stereocenters. The molecule has 8 heteroatoms. The van der Waals surface area contributed by atoms with Crippen LogP contribution in [-0.4, -0.2) is 25.6 Å². The van der Waals surface area contributed by atoms with E-state index in [9.17, 15) is 4.79 Å². The van der Waals surface area contributed by atoms with Gasteiger partial charge in [0.05, 0.1) is 23.6 Å². The monoisotopic (exact) mass is 365 g/mol. The molecule has 3 aromatic heterocycles. The highest BCUT2D eigenvalue weighted by atomic mass is 16.5. The van der Waals surface area contributed by atoms with Crippen molar-refractivity contribution in [3.05, 3.63) is 54.6 Å². The number of carbonyl (C=O) groups is 1. The van der Waals surface area contributed by atoms with Gasteiger partial charge in [-0.1, -0.05) is 12.1 Å². The molecule has 0 bridgehead atoms. The number of aromatic nitrogens is 4. The maximum Gasteiger partial charge on any atom is 0.287 e. The van der Waals surface area contributed by atoms with Crippen molar-refractivity contribution in [2.24, 2.45) is 0 Å². The second-order valence-electron chi connectivity index (χ2n) is 6.27. The zero-order valence-corrected chi connectivity index (χ0v) is 15.0. The Balaban J connectivity index is 1.56. The van der Waals surface area contributed by atoms with Crippen molar-refractivity contribution in [3.63, 3.8) is 0 Å². The van der Waals surface area contributed by atoms with Crippen molar-refractivity contribution in [1.29, 1.82) is 0 Å². The Morgan fingerprint density at radius 2 is 2.22 bits per heavy atom. The van der Waals surface area contributed by atoms with E-state index < -0.39 is 6.04 Å². The minimum absolute atomic E-state index is 0.233. The van der Waals surface area contributed by atoms with Crippen LogP contribution in [-0.2, 0) is 6.54 Å². The number of aryl methyl sites for hydroxylation is 1. The summed E-state index contributed by atoms with van der Waals surface area (Å²) in [5.74, 6) is 0.690. The number of amides is 1. The zero-order chi connectivity index (χ0) is 18.8. The van der Waals surface area contributed by atoms with Gasteiger partial charge in [-0.05, 0) is 43.7 Å². The van der Waals surface area contributed by atoms with Gasteiger partial charge in [-0.25, -0.2) is 4.98 Å². The van der Waals surface area contributed by atoms with E-state index in [0.29, 0.717) is 11.7 Å². The van der Waals surface area contributed by atoms with Crippen LogP contribution in [0.1, 0.15) is 42.8 Å². The number of imidazole rings is 1. The molecule has 4 aromatic rings. The lowest BCUT2D eigenvalue weighted by Gasteiger charge is -2.07. The lowest BCUT2D eigenvalue weighted by Crippen LogP contribution is -2.26. The van der Waals surface area contributed by atoms with E-state index in [1.165, 1.54) is 6.26 Å². The number of nitrogens with one attached hydrogen (secondary N) is 1. The first-order valence-corrected chi connectivity index (χ1v) is 8.79. The topological polar surface area (TPSA) is 99.0 Å². The maximum atomic E-state index is 12.1. The third-order valence-corrected chi connectivity index (χ3v) is 4.25. The summed E-state index contributed by atoms with van der Waals surface area (Å²) in [4.78, 5) is 20.9. The minimum Gasteiger partial charge on any atom is -0.459 e. The predicted molar refractivity (Wildman–Crippen MR) is 97.9 cm³/mol. The molecule has 0 aliphatic heterocycles. The Labute approximate surface area is 155 Å². The Hall–Kier alpha value is -3.42. The average molecular weight is 365 g/mol. The molecule has 0 saturated carbocycles. The molecule has 138 valence electrons. The maximum absolute atomic E-state index is 12.1. The molecule has 1 N–H and O–H groups in total. The number of fused-ring (bicyclic) bond motifs is 1. The first kappa shape index (κ1) is 17.0. The minimum atomic E-state index is -0.446. The first-order valence-electron chi connectivity index (χ1n) is 8.79. The Bertz CT molecular complexity index is 1060. The lowest BCUT2D eigenvalue weighted by molar-refractivity contribution is 0.0904. The largest absolute Gasteiger partial charge is 0.459 e. The van der Waals surface area contributed by atoms with E-state index in [2.05, 4.69) is 31.9 Å². The summed E-state index contributed by atoms with van der Waals surface area (Å²) in [5, 5.41) is 6.83. The van der Waals surface area contributed by atoms with Crippen LogP contribution in [0, 0.1) is 0 Å². The Morgan fingerprint density at radius 1 is 1.33 bits per heavy atom. The number of furan rings is 1. The van der Waals surface area contributed by atoms with Crippen LogP contribution < -0.4 is 5.32 Å². The van der Waals surface area contributed by atoms with Crippen LogP contribution in [0.4, 0.5) is 0 Å². The van der Waals surface area contributed by atoms with E-state index >= 15 is 0 Å². The molecule has 8 nitrogen and oxygen atoms in total. The molecular formula is C19H19N5O3. The van der Waals surface area contributed by atoms with E-state index in [4.69, 9.17) is 8.94 Å². The highest BCUT2D eigenvalue weighted by Gasteiger charge is 2.19. The molecule has 3 heterocycles. The molecule has 0 unspecified atom stereocenters. The van der Waals surface area contributed by atoms with Crippen molar-refractivity contribution in [2.75, 3.05) is 0 Å². The Morgan fingerprint density at radius 3 is 3.00 bits per heavy atom. The van der Waals surface area contributed by atoms with Crippen LogP contribution in [0.5, 0.6) is 0 Å². The molecule has 0 aliphatic carbocycles. The number of rotatable bonds is 6. The van der Waals surface area contributed by atoms with Crippen molar-refractivity contribution in [3.8, 4) is 11.4 Å². The third kappa shape index (κ3) is 3.33. The molecule has 1 amide bonds. The van der Waals surface area contributed by atoms with Crippen molar-refractivity contribution >= 4 is 16.9 Å². The van der Waals surface area contributed by atoms with E-state index in [-0.39, 0.29) is 11.7 Å². The normalized spacial score (nSPS) is 12.4. The summed E-state index contributed by atoms with van der Waals surface area (Å²) in [7, 11) is 0. The van der Waals surface area contributed by atoms with Crippen molar-refractivity contribution in [1.82, 2.24) is 25.0 Å². The molecule has 0 spiro atoms. The fourth-order valence-electron chi connectivity index (χ4n) is 2.88. The smallest absolute Gasteiger partial charge is 0.287 e. The SMILES string of the molecule is CCCn1cnc2ccc(-c3noc([C@@H](C)NC(=O)c4ccco4)n3)cc21. The van der Waals surface area contributed by atoms with Gasteiger partial charge in [0.1, 0.15) is 6.04 Å². The number of hydrogen-bond donors (Lipinski definition) is 1. The van der Waals surface area contributed by atoms with Crippen molar-refractivity contribution < 1.29 is 13.7 Å². The van der Waals surface area contributed by atoms with Crippen LogP contribution in [0.3, 0.4) is 0 Å². The quantitative estimate of drug-likeness (QED) is 0.561. The zero-order valence-electron chi connectivity index (χ0n) is 15.0. The van der Waals surface area contributed by atoms with E-state index in [1.807, 2.05) is 24.5 Å². The summed E-state index contributed by atoms with van der Waals surface area (Å²) >= 11 is 0. The molecule has 1 aromatic carbocycles. The number of nitrogens with zero attached hydrogens (tertiary/aromatic N) is 4. The van der Waals surface area contributed by atoms with Gasteiger partial charge in [-0.3, -0.25) is 4.79 Å². The fourth-order valence-corrected chi connectivity index (χ4v) is 2.88. The molecule has 27 heavy (non-hydrogen) atoms. The van der Waals surface area contributed by atoms with E-state index in [1.54, 1.807) is 19.1 Å². The summed E-state index contributed by atoms with van der Waals surface area (Å²) in [6, 6.07) is 8.65. The molecule has 4 rings (SSSR count). The van der Waals surface area contributed by atoms with Crippen LogP contribution >= 0.6 is 0 Å². The summed E-state index contributed by atoms with van der Waals surface area (Å²) < 4.78 is 12.5. The van der Waals surface area contributed by atoms with Gasteiger partial charge in [0.15, 0.2) is 5.76 Å². The molecular weight excluding hydrogens is 346 g/mol. The first-order chi connectivity index (χ1) is 13.2. The second-order valence-corrected chi connectivity index (χ2v) is 6.27. The molecule has 0 fully saturated rings. The molecule has 0 radical (unpaired) electrons. The standard InChI is InChI=1S/C19H19N5O3/c1-3-8-24-11-20-14-7-6-13(10-15(14)24)17-22-19(27-23-17)12(2)21-18(25)16-5-4-9-26-16/h4-7,9-12H,3,8H2,1-2H3,(H,21,25)/t12-/m1/s1. The van der Waals surface area contributed by atoms with Crippen LogP contribution in [0.2, 0.25) is 0 Å². The van der Waals surface area contributed by atoms with Crippen LogP contribution in [0.25, 0.3) is 22.4 Å². The third-order valence-electron chi connectivity index (χ3n) is 4.25. The Kier molecular flexibility index (Phi) is 4.45. The van der Waals surface area contributed by atoms with Gasteiger partial charge in [0, 0.05) is 12.1 Å². The van der Waals surface area contributed by atoms with Gasteiger partial charge in [0.25, 0.3) is 5.91 Å². The molecule has 0 saturated heterocycles. The fraction of sp³-hybridized carbons (Fsp3) is 0.263. The van der Waals surface area contributed by atoms with Gasteiger partial charge < -0.3 is 18.8 Å². The molecule has 0 aliphatic rings. The van der Waals surface area contributed by atoms with Crippen LogP contribution in [0.15, 0.2) is 51.9 Å². The number of hydrogen-bond acceptors (Lipinski definition) is 6. The summed E-state index contributed by atoms with van der Waals surface area (Å²) in [6.45, 7) is 4.80.